The Hall–Kier alpha value is -2.08. The highest BCUT2D eigenvalue weighted by molar-refractivity contribution is 5.88. The summed E-state index contributed by atoms with van der Waals surface area (Å²) in [6.07, 6.45) is 0. The minimum absolute atomic E-state index is 1.29. The van der Waals surface area contributed by atoms with Crippen LogP contribution in [-0.2, 0) is 0 Å². The van der Waals surface area contributed by atoms with Gasteiger partial charge >= 0.3 is 0 Å². The summed E-state index contributed by atoms with van der Waals surface area (Å²) in [7, 11) is 0. The van der Waals surface area contributed by atoms with Crippen LogP contribution in [0.4, 0.5) is 0 Å². The van der Waals surface area contributed by atoms with Crippen LogP contribution in [0, 0.1) is 20.8 Å². The Morgan fingerprint density at radius 3 is 1.44 bits per heavy atom. The number of benzene rings is 3. The molecule has 0 aliphatic rings. The van der Waals surface area contributed by atoms with Crippen molar-refractivity contribution in [2.24, 2.45) is 0 Å². The van der Waals surface area contributed by atoms with E-state index in [0.717, 1.165) is 0 Å². The fourth-order valence-corrected chi connectivity index (χ4v) is 2.69. The van der Waals surface area contributed by atoms with Gasteiger partial charge in [0.1, 0.15) is 0 Å². The number of hydrogen-bond donors (Lipinski definition) is 0. The fourth-order valence-electron chi connectivity index (χ4n) is 2.69. The van der Waals surface area contributed by atoms with E-state index in [-0.39, 0.29) is 0 Å². The standard InChI is InChI=1S/C19H18.3C2H6/c1-13-4-5-17-12-18(7-6-16(17)9-13)19-10-14(2)8-15(3)11-19;3*1-2/h4-12H,1-3H3;3*1-2H3. The first-order valence-corrected chi connectivity index (χ1v) is 9.71. The third-order valence-electron chi connectivity index (χ3n) is 3.55. The van der Waals surface area contributed by atoms with Crippen LogP contribution in [-0.4, -0.2) is 0 Å². The average Bonchev–Trinajstić information content (AvgIpc) is 2.65. The summed E-state index contributed by atoms with van der Waals surface area (Å²) < 4.78 is 0. The summed E-state index contributed by atoms with van der Waals surface area (Å²) in [4.78, 5) is 0. The van der Waals surface area contributed by atoms with Gasteiger partial charge < -0.3 is 0 Å². The van der Waals surface area contributed by atoms with Crippen LogP contribution in [0.3, 0.4) is 0 Å². The lowest BCUT2D eigenvalue weighted by Gasteiger charge is -2.07. The van der Waals surface area contributed by atoms with Gasteiger partial charge in [0.25, 0.3) is 0 Å². The molecule has 25 heavy (non-hydrogen) atoms. The molecular weight excluding hydrogens is 300 g/mol. The van der Waals surface area contributed by atoms with Crippen LogP contribution in [0.15, 0.2) is 54.6 Å². The van der Waals surface area contributed by atoms with Crippen molar-refractivity contribution in [3.05, 3.63) is 71.3 Å². The van der Waals surface area contributed by atoms with Gasteiger partial charge in [-0.1, -0.05) is 107 Å². The summed E-state index contributed by atoms with van der Waals surface area (Å²) in [6, 6.07) is 20.1. The third kappa shape index (κ3) is 6.74. The number of hydrogen-bond acceptors (Lipinski definition) is 0. The van der Waals surface area contributed by atoms with E-state index in [9.17, 15) is 0 Å². The minimum atomic E-state index is 1.29. The monoisotopic (exact) mass is 336 g/mol. The van der Waals surface area contributed by atoms with E-state index >= 15 is 0 Å². The van der Waals surface area contributed by atoms with E-state index in [0.29, 0.717) is 0 Å². The summed E-state index contributed by atoms with van der Waals surface area (Å²) in [5, 5.41) is 2.62. The van der Waals surface area contributed by atoms with Gasteiger partial charge in [-0.2, -0.15) is 0 Å². The normalized spacial score (nSPS) is 9.00. The highest BCUT2D eigenvalue weighted by Crippen LogP contribution is 2.26. The first kappa shape index (κ1) is 22.9. The van der Waals surface area contributed by atoms with Gasteiger partial charge in [0.2, 0.25) is 0 Å². The predicted molar refractivity (Wildman–Crippen MR) is 118 cm³/mol. The maximum Gasteiger partial charge on any atom is -0.0177 e. The summed E-state index contributed by atoms with van der Waals surface area (Å²) in [5.41, 5.74) is 6.55. The maximum atomic E-state index is 2.28. The largest absolute Gasteiger partial charge is 0.0683 e. The van der Waals surface area contributed by atoms with Crippen LogP contribution >= 0.6 is 0 Å². The highest BCUT2D eigenvalue weighted by Gasteiger charge is 2.01. The molecule has 0 aliphatic heterocycles. The lowest BCUT2D eigenvalue weighted by molar-refractivity contribution is 1.38. The van der Waals surface area contributed by atoms with E-state index < -0.39 is 0 Å². The first-order chi connectivity index (χ1) is 12.1. The van der Waals surface area contributed by atoms with Gasteiger partial charge in [-0.15, -0.1) is 0 Å². The molecule has 0 bridgehead atoms. The molecule has 0 saturated carbocycles. The molecule has 3 aromatic carbocycles. The second-order valence-corrected chi connectivity index (χ2v) is 5.44. The molecule has 0 heteroatoms. The molecule has 0 aliphatic carbocycles. The lowest BCUT2D eigenvalue weighted by atomic mass is 9.98. The van der Waals surface area contributed by atoms with Crippen LogP contribution in [0.2, 0.25) is 0 Å². The summed E-state index contributed by atoms with van der Waals surface area (Å²) in [6.45, 7) is 18.4. The van der Waals surface area contributed by atoms with Gasteiger partial charge in [-0.05, 0) is 48.7 Å². The Labute approximate surface area is 155 Å². The molecule has 0 saturated heterocycles. The second-order valence-electron chi connectivity index (χ2n) is 5.44. The van der Waals surface area contributed by atoms with Crippen LogP contribution < -0.4 is 0 Å². The van der Waals surface area contributed by atoms with Crippen molar-refractivity contribution in [1.29, 1.82) is 0 Å². The topological polar surface area (TPSA) is 0 Å². The minimum Gasteiger partial charge on any atom is -0.0683 e. The van der Waals surface area contributed by atoms with Gasteiger partial charge in [-0.25, -0.2) is 0 Å². The van der Waals surface area contributed by atoms with E-state index in [1.807, 2.05) is 41.5 Å². The van der Waals surface area contributed by atoms with Crippen LogP contribution in [0.1, 0.15) is 58.2 Å². The lowest BCUT2D eigenvalue weighted by Crippen LogP contribution is -1.83. The molecule has 136 valence electrons. The van der Waals surface area contributed by atoms with Gasteiger partial charge in [0, 0.05) is 0 Å². The second kappa shape index (κ2) is 12.3. The number of fused-ring (bicyclic) bond motifs is 1. The van der Waals surface area contributed by atoms with Crippen LogP contribution in [0.25, 0.3) is 21.9 Å². The first-order valence-electron chi connectivity index (χ1n) is 9.71. The van der Waals surface area contributed by atoms with E-state index in [4.69, 9.17) is 0 Å². The Balaban J connectivity index is 0.000000871. The molecule has 0 spiro atoms. The number of rotatable bonds is 1. The zero-order valence-corrected chi connectivity index (χ0v) is 17.7. The predicted octanol–water partition coefficient (Wildman–Crippen LogP) is 8.51. The van der Waals surface area contributed by atoms with E-state index in [1.165, 1.54) is 38.6 Å². The third-order valence-corrected chi connectivity index (χ3v) is 3.55. The molecular formula is C25H36. The van der Waals surface area contributed by atoms with Crippen molar-refractivity contribution >= 4 is 10.8 Å². The Bertz CT molecular complexity index is 731. The molecule has 0 amide bonds. The average molecular weight is 337 g/mol. The summed E-state index contributed by atoms with van der Waals surface area (Å²) in [5.74, 6) is 0. The molecule has 0 radical (unpaired) electrons. The quantitative estimate of drug-likeness (QED) is 0.418. The molecule has 0 aromatic heterocycles. The molecule has 0 unspecified atom stereocenters. The molecule has 0 N–H and O–H groups in total. The van der Waals surface area contributed by atoms with Crippen molar-refractivity contribution in [3.63, 3.8) is 0 Å². The maximum absolute atomic E-state index is 2.28. The number of aryl methyl sites for hydroxylation is 3. The molecule has 0 nitrogen and oxygen atoms in total. The smallest absolute Gasteiger partial charge is 0.0177 e. The summed E-state index contributed by atoms with van der Waals surface area (Å²) >= 11 is 0. The van der Waals surface area contributed by atoms with Crippen molar-refractivity contribution in [1.82, 2.24) is 0 Å². The molecule has 0 fully saturated rings. The highest BCUT2D eigenvalue weighted by atomic mass is 14.1. The Morgan fingerprint density at radius 1 is 0.400 bits per heavy atom. The van der Waals surface area contributed by atoms with Crippen LogP contribution in [0.5, 0.6) is 0 Å². The van der Waals surface area contributed by atoms with Crippen molar-refractivity contribution in [2.45, 2.75) is 62.3 Å². The molecule has 3 aromatic rings. The Kier molecular flexibility index (Phi) is 11.3. The molecule has 3 rings (SSSR count). The van der Waals surface area contributed by atoms with E-state index in [1.54, 1.807) is 0 Å². The van der Waals surface area contributed by atoms with E-state index in [2.05, 4.69) is 75.4 Å². The zero-order chi connectivity index (χ0) is 19.4. The Morgan fingerprint density at radius 2 is 0.880 bits per heavy atom. The van der Waals surface area contributed by atoms with Crippen molar-refractivity contribution in [2.75, 3.05) is 0 Å². The zero-order valence-electron chi connectivity index (χ0n) is 17.7. The van der Waals surface area contributed by atoms with Gasteiger partial charge in [0.15, 0.2) is 0 Å². The van der Waals surface area contributed by atoms with Crippen molar-refractivity contribution < 1.29 is 0 Å². The SMILES string of the molecule is CC.CC.CC.Cc1cc(C)cc(-c2ccc3cc(C)ccc3c2)c1. The van der Waals surface area contributed by atoms with Crippen molar-refractivity contribution in [3.8, 4) is 11.1 Å². The van der Waals surface area contributed by atoms with Gasteiger partial charge in [-0.3, -0.25) is 0 Å². The molecule has 0 atom stereocenters. The fraction of sp³-hybridized carbons (Fsp3) is 0.360. The molecule has 0 heterocycles. The van der Waals surface area contributed by atoms with Gasteiger partial charge in [0.05, 0.1) is 0 Å².